The third-order valence-electron chi connectivity index (χ3n) is 2.44. The van der Waals surface area contributed by atoms with E-state index in [0.29, 0.717) is 5.69 Å². The highest BCUT2D eigenvalue weighted by atomic mass is 16.2. The van der Waals surface area contributed by atoms with Crippen molar-refractivity contribution in [2.75, 3.05) is 11.9 Å². The summed E-state index contributed by atoms with van der Waals surface area (Å²) in [6.07, 6.45) is 0.0763. The summed E-state index contributed by atoms with van der Waals surface area (Å²) in [6.45, 7) is 0.120. The number of carbonyl (C=O) groups is 3. The predicted octanol–water partition coefficient (Wildman–Crippen LogP) is -0.215. The molecule has 0 unspecified atom stereocenters. The Balaban J connectivity index is 2.35. The number of urea groups is 1. The number of rotatable bonds is 6. The Labute approximate surface area is 110 Å². The van der Waals surface area contributed by atoms with Gasteiger partial charge < -0.3 is 22.1 Å². The number of benzene rings is 1. The van der Waals surface area contributed by atoms with E-state index in [2.05, 4.69) is 10.6 Å². The first-order valence-corrected chi connectivity index (χ1v) is 5.69. The van der Waals surface area contributed by atoms with Crippen LogP contribution in [-0.2, 0) is 9.59 Å². The molecule has 0 heterocycles. The normalized spacial score (nSPS) is 9.95. The molecule has 0 atom stereocenters. The van der Waals surface area contributed by atoms with Crippen LogP contribution in [0.5, 0.6) is 0 Å². The van der Waals surface area contributed by atoms with Crippen molar-refractivity contribution in [3.8, 4) is 0 Å². The molecule has 0 spiro atoms. The van der Waals surface area contributed by atoms with E-state index in [1.165, 1.54) is 0 Å². The highest BCUT2D eigenvalue weighted by molar-refractivity contribution is 5.98. The lowest BCUT2D eigenvalue weighted by Crippen LogP contribution is -2.38. The molecule has 0 saturated heterocycles. The number of amides is 4. The van der Waals surface area contributed by atoms with Crippen molar-refractivity contribution in [3.05, 3.63) is 30.3 Å². The molecule has 0 aliphatic heterocycles. The van der Waals surface area contributed by atoms with E-state index in [4.69, 9.17) is 11.5 Å². The fourth-order valence-corrected chi connectivity index (χ4v) is 1.45. The van der Waals surface area contributed by atoms with Gasteiger partial charge in [0.1, 0.15) is 5.92 Å². The van der Waals surface area contributed by atoms with Gasteiger partial charge in [-0.2, -0.15) is 0 Å². The summed E-state index contributed by atoms with van der Waals surface area (Å²) in [6, 6.07) is 8.43. The van der Waals surface area contributed by atoms with Gasteiger partial charge in [0.25, 0.3) is 0 Å². The largest absolute Gasteiger partial charge is 0.369 e. The van der Waals surface area contributed by atoms with Crippen LogP contribution in [0.4, 0.5) is 10.5 Å². The summed E-state index contributed by atoms with van der Waals surface area (Å²) >= 11 is 0. The third kappa shape index (κ3) is 5.07. The Hall–Kier alpha value is -2.57. The number of para-hydroxylation sites is 1. The number of nitrogens with two attached hydrogens (primary N) is 2. The monoisotopic (exact) mass is 264 g/mol. The van der Waals surface area contributed by atoms with Crippen molar-refractivity contribution >= 4 is 23.5 Å². The third-order valence-corrected chi connectivity index (χ3v) is 2.44. The van der Waals surface area contributed by atoms with Crippen LogP contribution in [0.25, 0.3) is 0 Å². The van der Waals surface area contributed by atoms with Crippen LogP contribution in [0.2, 0.25) is 0 Å². The van der Waals surface area contributed by atoms with Crippen LogP contribution in [0.15, 0.2) is 30.3 Å². The van der Waals surface area contributed by atoms with Crippen LogP contribution in [-0.4, -0.2) is 24.4 Å². The second kappa shape index (κ2) is 7.00. The first kappa shape index (κ1) is 14.5. The molecule has 4 amide bonds. The summed E-state index contributed by atoms with van der Waals surface area (Å²) in [5.74, 6) is -2.66. The minimum absolute atomic E-state index is 0.0763. The minimum Gasteiger partial charge on any atom is -0.369 e. The molecule has 0 aliphatic rings. The second-order valence-corrected chi connectivity index (χ2v) is 3.89. The van der Waals surface area contributed by atoms with Crippen LogP contribution < -0.4 is 22.1 Å². The summed E-state index contributed by atoms with van der Waals surface area (Å²) < 4.78 is 0. The van der Waals surface area contributed by atoms with Crippen molar-refractivity contribution < 1.29 is 14.4 Å². The summed E-state index contributed by atoms with van der Waals surface area (Å²) in [5, 5.41) is 5.10. The smallest absolute Gasteiger partial charge is 0.319 e. The molecule has 7 heteroatoms. The maximum absolute atomic E-state index is 11.5. The minimum atomic E-state index is -1.07. The SMILES string of the molecule is NC(=O)C(CCNC(=O)Nc1ccccc1)C(N)=O. The zero-order chi connectivity index (χ0) is 14.3. The molecule has 0 saturated carbocycles. The Kier molecular flexibility index (Phi) is 5.34. The molecule has 1 aromatic carbocycles. The molecule has 1 rings (SSSR count). The van der Waals surface area contributed by atoms with Crippen LogP contribution in [0, 0.1) is 5.92 Å². The van der Waals surface area contributed by atoms with Gasteiger partial charge in [0.2, 0.25) is 11.8 Å². The van der Waals surface area contributed by atoms with Crippen LogP contribution in [0.1, 0.15) is 6.42 Å². The van der Waals surface area contributed by atoms with Gasteiger partial charge in [0.05, 0.1) is 0 Å². The van der Waals surface area contributed by atoms with Gasteiger partial charge in [0, 0.05) is 12.2 Å². The quantitative estimate of drug-likeness (QED) is 0.530. The predicted molar refractivity (Wildman–Crippen MR) is 70.0 cm³/mol. The molecular formula is C12H16N4O3. The molecule has 19 heavy (non-hydrogen) atoms. The maximum atomic E-state index is 11.5. The Morgan fingerprint density at radius 3 is 2.16 bits per heavy atom. The van der Waals surface area contributed by atoms with E-state index in [1.807, 2.05) is 6.07 Å². The lowest BCUT2D eigenvalue weighted by molar-refractivity contribution is -0.131. The second-order valence-electron chi connectivity index (χ2n) is 3.89. The summed E-state index contributed by atoms with van der Waals surface area (Å²) in [4.78, 5) is 33.3. The highest BCUT2D eigenvalue weighted by Gasteiger charge is 2.21. The zero-order valence-electron chi connectivity index (χ0n) is 10.3. The topological polar surface area (TPSA) is 127 Å². The van der Waals surface area contributed by atoms with Crippen LogP contribution >= 0.6 is 0 Å². The van der Waals surface area contributed by atoms with E-state index in [9.17, 15) is 14.4 Å². The molecule has 7 nitrogen and oxygen atoms in total. The Morgan fingerprint density at radius 1 is 1.05 bits per heavy atom. The Morgan fingerprint density at radius 2 is 1.63 bits per heavy atom. The summed E-state index contributed by atoms with van der Waals surface area (Å²) in [5.41, 5.74) is 10.7. The van der Waals surface area contributed by atoms with E-state index in [-0.39, 0.29) is 13.0 Å². The molecule has 6 N–H and O–H groups in total. The molecule has 0 bridgehead atoms. The number of carbonyl (C=O) groups excluding carboxylic acids is 3. The van der Waals surface area contributed by atoms with E-state index >= 15 is 0 Å². The number of anilines is 1. The van der Waals surface area contributed by atoms with Gasteiger partial charge >= 0.3 is 6.03 Å². The fraction of sp³-hybridized carbons (Fsp3) is 0.250. The standard InChI is InChI=1S/C12H16N4O3/c13-10(17)9(11(14)18)6-7-15-12(19)16-8-4-2-1-3-5-8/h1-5,9H,6-7H2,(H2,13,17)(H2,14,18)(H2,15,16,19). The van der Waals surface area contributed by atoms with Gasteiger partial charge in [-0.15, -0.1) is 0 Å². The average Bonchev–Trinajstić information content (AvgIpc) is 2.34. The number of primary amides is 2. The van der Waals surface area contributed by atoms with E-state index < -0.39 is 23.8 Å². The van der Waals surface area contributed by atoms with Gasteiger partial charge in [-0.25, -0.2) is 4.79 Å². The van der Waals surface area contributed by atoms with Gasteiger partial charge in [-0.1, -0.05) is 18.2 Å². The van der Waals surface area contributed by atoms with E-state index in [1.54, 1.807) is 24.3 Å². The number of hydrogen-bond acceptors (Lipinski definition) is 3. The lowest BCUT2D eigenvalue weighted by atomic mass is 10.0. The average molecular weight is 264 g/mol. The van der Waals surface area contributed by atoms with Crippen molar-refractivity contribution in [1.82, 2.24) is 5.32 Å². The van der Waals surface area contributed by atoms with E-state index in [0.717, 1.165) is 0 Å². The summed E-state index contributed by atoms with van der Waals surface area (Å²) in [7, 11) is 0. The lowest BCUT2D eigenvalue weighted by Gasteiger charge is -2.11. The fourth-order valence-electron chi connectivity index (χ4n) is 1.45. The van der Waals surface area contributed by atoms with Crippen molar-refractivity contribution in [3.63, 3.8) is 0 Å². The van der Waals surface area contributed by atoms with Gasteiger partial charge in [-0.3, -0.25) is 9.59 Å². The van der Waals surface area contributed by atoms with Crippen molar-refractivity contribution in [1.29, 1.82) is 0 Å². The van der Waals surface area contributed by atoms with Crippen LogP contribution in [0.3, 0.4) is 0 Å². The molecule has 0 radical (unpaired) electrons. The van der Waals surface area contributed by atoms with Crippen molar-refractivity contribution in [2.45, 2.75) is 6.42 Å². The number of nitrogens with one attached hydrogen (secondary N) is 2. The first-order chi connectivity index (χ1) is 9.00. The highest BCUT2D eigenvalue weighted by Crippen LogP contribution is 2.04. The molecular weight excluding hydrogens is 248 g/mol. The van der Waals surface area contributed by atoms with Crippen molar-refractivity contribution in [2.24, 2.45) is 17.4 Å². The maximum Gasteiger partial charge on any atom is 0.319 e. The molecule has 1 aromatic rings. The molecule has 0 aliphatic carbocycles. The first-order valence-electron chi connectivity index (χ1n) is 5.69. The molecule has 102 valence electrons. The zero-order valence-corrected chi connectivity index (χ0v) is 10.3. The molecule has 0 aromatic heterocycles. The number of hydrogen-bond donors (Lipinski definition) is 4. The molecule has 0 fully saturated rings. The van der Waals surface area contributed by atoms with Gasteiger partial charge in [0.15, 0.2) is 0 Å². The van der Waals surface area contributed by atoms with Gasteiger partial charge in [-0.05, 0) is 18.6 Å². The Bertz CT molecular complexity index is 447.